The predicted octanol–water partition coefficient (Wildman–Crippen LogP) is 1.01. The van der Waals surface area contributed by atoms with Crippen LogP contribution in [0, 0.1) is 0 Å². The van der Waals surface area contributed by atoms with Gasteiger partial charge < -0.3 is 25.0 Å². The third kappa shape index (κ3) is 4.13. The van der Waals surface area contributed by atoms with E-state index in [1.165, 1.54) is 12.1 Å². The molecule has 1 aliphatic rings. The Morgan fingerprint density at radius 3 is 2.83 bits per heavy atom. The van der Waals surface area contributed by atoms with Crippen LogP contribution in [0.1, 0.15) is 37.6 Å². The van der Waals surface area contributed by atoms with Crippen molar-refractivity contribution < 1.29 is 29.3 Å². The number of aliphatic hydroxyl groups excluding tert-OH is 1. The number of fused-ring (bicyclic) bond motifs is 1. The Kier molecular flexibility index (Phi) is 4.79. The number of hydrogen-bond acceptors (Lipinski definition) is 6. The minimum Gasteiger partial charge on any atom is -0.507 e. The van der Waals surface area contributed by atoms with Crippen molar-refractivity contribution in [3.63, 3.8) is 0 Å². The Balaban J connectivity index is 2.12. The number of aliphatic hydroxyl groups is 1. The molecule has 1 aromatic rings. The number of nitrogens with one attached hydrogen (secondary N) is 1. The maximum Gasteiger partial charge on any atom is 0.258 e. The molecule has 126 valence electrons. The number of carbonyl (C=O) groups excluding carboxylic acids is 2. The van der Waals surface area contributed by atoms with Gasteiger partial charge in [0, 0.05) is 18.2 Å². The lowest BCUT2D eigenvalue weighted by Gasteiger charge is -2.32. The van der Waals surface area contributed by atoms with Crippen molar-refractivity contribution in [2.75, 3.05) is 13.2 Å². The summed E-state index contributed by atoms with van der Waals surface area (Å²) in [5, 5.41) is 21.4. The highest BCUT2D eigenvalue weighted by atomic mass is 16.5. The Labute approximate surface area is 134 Å². The molecule has 0 radical (unpaired) electrons. The summed E-state index contributed by atoms with van der Waals surface area (Å²) in [5.41, 5.74) is -0.529. The zero-order valence-corrected chi connectivity index (χ0v) is 13.4. The first-order valence-corrected chi connectivity index (χ1v) is 7.34. The van der Waals surface area contributed by atoms with E-state index >= 15 is 0 Å². The van der Waals surface area contributed by atoms with Crippen LogP contribution in [0.15, 0.2) is 12.1 Å². The number of phenols is 1. The Morgan fingerprint density at radius 2 is 2.17 bits per heavy atom. The summed E-state index contributed by atoms with van der Waals surface area (Å²) in [6, 6.07) is 2.39. The van der Waals surface area contributed by atoms with E-state index in [1.807, 2.05) is 0 Å². The van der Waals surface area contributed by atoms with E-state index in [4.69, 9.17) is 14.6 Å². The van der Waals surface area contributed by atoms with Crippen LogP contribution in [0.3, 0.4) is 0 Å². The summed E-state index contributed by atoms with van der Waals surface area (Å²) in [5.74, 6) is -0.373. The zero-order chi connectivity index (χ0) is 17.2. The number of rotatable bonds is 5. The highest BCUT2D eigenvalue weighted by Crippen LogP contribution is 2.40. The van der Waals surface area contributed by atoms with Crippen LogP contribution in [-0.2, 0) is 4.79 Å². The molecule has 0 saturated carbocycles. The third-order valence-electron chi connectivity index (χ3n) is 3.36. The minimum atomic E-state index is -0.664. The monoisotopic (exact) mass is 323 g/mol. The molecule has 7 nitrogen and oxygen atoms in total. The van der Waals surface area contributed by atoms with Gasteiger partial charge in [0.25, 0.3) is 5.91 Å². The van der Waals surface area contributed by atoms with Gasteiger partial charge in [-0.25, -0.2) is 0 Å². The van der Waals surface area contributed by atoms with Crippen LogP contribution in [0.5, 0.6) is 17.2 Å². The van der Waals surface area contributed by atoms with Crippen LogP contribution in [0.25, 0.3) is 0 Å². The number of amides is 1. The molecule has 1 aliphatic heterocycles. The summed E-state index contributed by atoms with van der Waals surface area (Å²) < 4.78 is 11.0. The molecule has 0 fully saturated rings. The van der Waals surface area contributed by atoms with E-state index in [-0.39, 0.29) is 54.3 Å². The number of phenolic OH excluding ortho intramolecular Hbond substituents is 1. The highest BCUT2D eigenvalue weighted by Gasteiger charge is 2.34. The van der Waals surface area contributed by atoms with Gasteiger partial charge in [0.05, 0.1) is 13.0 Å². The van der Waals surface area contributed by atoms with Crippen molar-refractivity contribution in [2.24, 2.45) is 0 Å². The van der Waals surface area contributed by atoms with E-state index in [2.05, 4.69) is 5.32 Å². The van der Waals surface area contributed by atoms with E-state index < -0.39 is 11.5 Å². The minimum absolute atomic E-state index is 0.134. The lowest BCUT2D eigenvalue weighted by Crippen LogP contribution is -2.38. The van der Waals surface area contributed by atoms with Gasteiger partial charge in [0.1, 0.15) is 28.4 Å². The molecule has 23 heavy (non-hydrogen) atoms. The molecule has 0 spiro atoms. The maximum absolute atomic E-state index is 12.1. The predicted molar refractivity (Wildman–Crippen MR) is 81.9 cm³/mol. The van der Waals surface area contributed by atoms with Gasteiger partial charge in [-0.05, 0) is 20.8 Å². The van der Waals surface area contributed by atoms with Gasteiger partial charge in [-0.1, -0.05) is 0 Å². The summed E-state index contributed by atoms with van der Waals surface area (Å²) >= 11 is 0. The van der Waals surface area contributed by atoms with E-state index in [9.17, 15) is 14.7 Å². The van der Waals surface area contributed by atoms with Crippen LogP contribution in [0.2, 0.25) is 0 Å². The Bertz CT molecular complexity index is 625. The van der Waals surface area contributed by atoms with Crippen molar-refractivity contribution in [2.45, 2.75) is 38.8 Å². The highest BCUT2D eigenvalue weighted by molar-refractivity contribution is 6.03. The molecule has 2 rings (SSSR count). The fourth-order valence-corrected chi connectivity index (χ4v) is 2.34. The maximum atomic E-state index is 12.1. The molecule has 3 N–H and O–H groups in total. The second-order valence-corrected chi connectivity index (χ2v) is 6.22. The molecule has 1 aromatic carbocycles. The molecular weight excluding hydrogens is 302 g/mol. The number of ether oxygens (including phenoxy) is 2. The van der Waals surface area contributed by atoms with Gasteiger partial charge in [-0.2, -0.15) is 0 Å². The summed E-state index contributed by atoms with van der Waals surface area (Å²) in [4.78, 5) is 23.7. The van der Waals surface area contributed by atoms with Crippen molar-refractivity contribution in [3.8, 4) is 17.2 Å². The summed E-state index contributed by atoms with van der Waals surface area (Å²) in [6.45, 7) is 4.77. The molecule has 7 heteroatoms. The van der Waals surface area contributed by atoms with Crippen LogP contribution >= 0.6 is 0 Å². The van der Waals surface area contributed by atoms with Crippen LogP contribution in [0.4, 0.5) is 0 Å². The van der Waals surface area contributed by atoms with E-state index in [0.717, 1.165) is 0 Å². The molecule has 1 heterocycles. The molecule has 0 unspecified atom stereocenters. The number of Topliss-reactive ketones (excluding diaryl/α,β-unsaturated/α-hetero) is 1. The van der Waals surface area contributed by atoms with Gasteiger partial charge in [0.2, 0.25) is 0 Å². The lowest BCUT2D eigenvalue weighted by molar-refractivity contribution is -0.124. The summed E-state index contributed by atoms with van der Waals surface area (Å²) in [6.07, 6.45) is 0.176. The van der Waals surface area contributed by atoms with Gasteiger partial charge in [-0.3, -0.25) is 9.59 Å². The van der Waals surface area contributed by atoms with Crippen LogP contribution < -0.4 is 14.8 Å². The molecule has 0 saturated heterocycles. The normalized spacial score (nSPS) is 17.0. The van der Waals surface area contributed by atoms with E-state index in [1.54, 1.807) is 20.8 Å². The standard InChI is InChI=1S/C16H21NO6/c1-9(7-18)17-14(21)8-22-10-4-11(19)15-12(20)6-16(2,3)23-13(15)5-10/h4-5,9,18-19H,6-8H2,1-3H3,(H,17,21)/t9-/m0/s1. The quantitative estimate of drug-likeness (QED) is 0.747. The largest absolute Gasteiger partial charge is 0.507 e. The first-order valence-electron chi connectivity index (χ1n) is 7.34. The second-order valence-electron chi connectivity index (χ2n) is 6.22. The van der Waals surface area contributed by atoms with Crippen molar-refractivity contribution in [3.05, 3.63) is 17.7 Å². The van der Waals surface area contributed by atoms with Gasteiger partial charge in [0.15, 0.2) is 12.4 Å². The van der Waals surface area contributed by atoms with Gasteiger partial charge in [-0.15, -0.1) is 0 Å². The fraction of sp³-hybridized carbons (Fsp3) is 0.500. The third-order valence-corrected chi connectivity index (χ3v) is 3.36. The number of benzene rings is 1. The van der Waals surface area contributed by atoms with Crippen molar-refractivity contribution >= 4 is 11.7 Å². The molecule has 0 bridgehead atoms. The molecule has 0 aliphatic carbocycles. The first-order chi connectivity index (χ1) is 10.7. The summed E-state index contributed by atoms with van der Waals surface area (Å²) in [7, 11) is 0. The van der Waals surface area contributed by atoms with Crippen molar-refractivity contribution in [1.29, 1.82) is 0 Å². The second kappa shape index (κ2) is 6.45. The smallest absolute Gasteiger partial charge is 0.258 e. The number of aromatic hydroxyl groups is 1. The Hall–Kier alpha value is -2.28. The molecule has 1 amide bonds. The van der Waals surface area contributed by atoms with Crippen LogP contribution in [-0.4, -0.2) is 46.8 Å². The molecule has 1 atom stereocenters. The Morgan fingerprint density at radius 1 is 1.48 bits per heavy atom. The lowest BCUT2D eigenvalue weighted by atomic mass is 9.92. The SMILES string of the molecule is C[C@@H](CO)NC(=O)COc1cc(O)c2c(c1)OC(C)(C)CC2=O. The average molecular weight is 323 g/mol. The van der Waals surface area contributed by atoms with Gasteiger partial charge >= 0.3 is 0 Å². The number of carbonyl (C=O) groups is 2. The average Bonchev–Trinajstić information content (AvgIpc) is 2.42. The van der Waals surface area contributed by atoms with Crippen molar-refractivity contribution in [1.82, 2.24) is 5.32 Å². The number of ketones is 1. The molecule has 0 aromatic heterocycles. The molecular formula is C16H21NO6. The fourth-order valence-electron chi connectivity index (χ4n) is 2.34. The number of hydrogen-bond donors (Lipinski definition) is 3. The van der Waals surface area contributed by atoms with E-state index in [0.29, 0.717) is 0 Å². The first kappa shape index (κ1) is 17.1. The topological polar surface area (TPSA) is 105 Å². The zero-order valence-electron chi connectivity index (χ0n) is 13.4.